The van der Waals surface area contributed by atoms with Crippen LogP contribution in [0.1, 0.15) is 18.3 Å². The average molecular weight is 413 g/mol. The third-order valence-corrected chi connectivity index (χ3v) is 4.90. The van der Waals surface area contributed by atoms with Crippen LogP contribution in [0.15, 0.2) is 48.8 Å². The Morgan fingerprint density at radius 3 is 2.42 bits per heavy atom. The zero-order chi connectivity index (χ0) is 18.7. The summed E-state index contributed by atoms with van der Waals surface area (Å²) in [5.74, 6) is 1.08. The van der Waals surface area contributed by atoms with Gasteiger partial charge in [-0.2, -0.15) is 5.10 Å². The van der Waals surface area contributed by atoms with E-state index in [-0.39, 0.29) is 6.42 Å². The van der Waals surface area contributed by atoms with Crippen molar-refractivity contribution in [2.24, 2.45) is 0 Å². The first-order valence-electron chi connectivity index (χ1n) is 7.83. The average Bonchev–Trinajstić information content (AvgIpc) is 3.09. The van der Waals surface area contributed by atoms with E-state index in [1.807, 2.05) is 0 Å². The monoisotopic (exact) mass is 411 g/mol. The highest BCUT2D eigenvalue weighted by atomic mass is 35.5. The minimum atomic E-state index is -1.47. The second-order valence-electron chi connectivity index (χ2n) is 5.87. The summed E-state index contributed by atoms with van der Waals surface area (Å²) in [6.45, 7) is 1.76. The molecule has 2 aromatic carbocycles. The smallest absolute Gasteiger partial charge is 0.137 e. The number of aromatic nitrogens is 3. The molecule has 0 saturated heterocycles. The standard InChI is InChI=1S/C18H16Cl3N3O2/c1-11(26-14-5-2-12(19)3-6-14)18(25,9-17-22-10-23-24-17)15-7-4-13(20)8-16(15)21/h2-8,10-11,25H,9H2,1H3,(H,22,23,24). The van der Waals surface area contributed by atoms with E-state index in [1.54, 1.807) is 49.4 Å². The summed E-state index contributed by atoms with van der Waals surface area (Å²) in [6.07, 6.45) is 0.847. The van der Waals surface area contributed by atoms with Crippen molar-refractivity contribution in [3.05, 3.63) is 75.2 Å². The quantitative estimate of drug-likeness (QED) is 0.617. The van der Waals surface area contributed by atoms with Gasteiger partial charge in [-0.3, -0.25) is 5.10 Å². The molecule has 0 amide bonds. The predicted molar refractivity (Wildman–Crippen MR) is 102 cm³/mol. The van der Waals surface area contributed by atoms with Crippen LogP contribution in [0.5, 0.6) is 5.75 Å². The van der Waals surface area contributed by atoms with E-state index >= 15 is 0 Å². The van der Waals surface area contributed by atoms with E-state index in [0.29, 0.717) is 32.2 Å². The van der Waals surface area contributed by atoms with E-state index in [1.165, 1.54) is 6.33 Å². The molecule has 2 N–H and O–H groups in total. The molecule has 0 bridgehead atoms. The maximum Gasteiger partial charge on any atom is 0.137 e. The van der Waals surface area contributed by atoms with Crippen LogP contribution in [0.3, 0.4) is 0 Å². The van der Waals surface area contributed by atoms with Crippen LogP contribution in [0, 0.1) is 0 Å². The molecule has 0 aliphatic heterocycles. The lowest BCUT2D eigenvalue weighted by molar-refractivity contribution is -0.0600. The van der Waals surface area contributed by atoms with E-state index in [4.69, 9.17) is 39.5 Å². The number of nitrogens with one attached hydrogen (secondary N) is 1. The topological polar surface area (TPSA) is 71.0 Å². The Morgan fingerprint density at radius 1 is 1.12 bits per heavy atom. The van der Waals surface area contributed by atoms with Crippen LogP contribution in [0.25, 0.3) is 0 Å². The summed E-state index contributed by atoms with van der Waals surface area (Å²) >= 11 is 18.3. The molecular weight excluding hydrogens is 397 g/mol. The number of H-pyrrole nitrogens is 1. The number of halogens is 3. The number of ether oxygens (including phenoxy) is 1. The highest BCUT2D eigenvalue weighted by Gasteiger charge is 2.40. The van der Waals surface area contributed by atoms with Gasteiger partial charge in [0.05, 0.1) is 0 Å². The molecule has 136 valence electrons. The van der Waals surface area contributed by atoms with Gasteiger partial charge in [0.1, 0.15) is 29.6 Å². The molecule has 26 heavy (non-hydrogen) atoms. The molecular formula is C18H16Cl3N3O2. The van der Waals surface area contributed by atoms with Crippen LogP contribution in [0.2, 0.25) is 15.1 Å². The number of nitrogens with zero attached hydrogens (tertiary/aromatic N) is 2. The summed E-state index contributed by atoms with van der Waals surface area (Å²) in [5, 5.41) is 19.6. The van der Waals surface area contributed by atoms with Gasteiger partial charge >= 0.3 is 0 Å². The zero-order valence-corrected chi connectivity index (χ0v) is 16.1. The third-order valence-electron chi connectivity index (χ3n) is 4.10. The van der Waals surface area contributed by atoms with Crippen molar-refractivity contribution in [1.82, 2.24) is 15.2 Å². The summed E-state index contributed by atoms with van der Waals surface area (Å²) < 4.78 is 5.96. The number of benzene rings is 2. The van der Waals surface area contributed by atoms with E-state index in [9.17, 15) is 5.11 Å². The fourth-order valence-corrected chi connectivity index (χ4v) is 3.38. The molecule has 3 aromatic rings. The molecule has 1 heterocycles. The van der Waals surface area contributed by atoms with Gasteiger partial charge in [-0.05, 0) is 43.3 Å². The third kappa shape index (κ3) is 4.13. The highest BCUT2D eigenvalue weighted by Crippen LogP contribution is 2.37. The fourth-order valence-electron chi connectivity index (χ4n) is 2.68. The summed E-state index contributed by atoms with van der Waals surface area (Å²) in [5.41, 5.74) is -0.984. The SMILES string of the molecule is CC(Oc1ccc(Cl)cc1)C(O)(Cc1ncn[nH]1)c1ccc(Cl)cc1Cl. The Morgan fingerprint density at radius 2 is 1.81 bits per heavy atom. The van der Waals surface area contributed by atoms with Crippen LogP contribution in [0.4, 0.5) is 0 Å². The van der Waals surface area contributed by atoms with Gasteiger partial charge in [-0.25, -0.2) is 4.98 Å². The number of hydrogen-bond acceptors (Lipinski definition) is 4. The molecule has 0 aliphatic rings. The lowest BCUT2D eigenvalue weighted by atomic mass is 9.85. The first kappa shape index (κ1) is 19.0. The second kappa shape index (κ2) is 7.84. The fraction of sp³-hybridized carbons (Fsp3) is 0.222. The number of aromatic amines is 1. The maximum atomic E-state index is 11.5. The Balaban J connectivity index is 1.97. The van der Waals surface area contributed by atoms with E-state index in [2.05, 4.69) is 15.2 Å². The minimum absolute atomic E-state index is 0.128. The van der Waals surface area contributed by atoms with Gasteiger partial charge in [-0.15, -0.1) is 0 Å². The van der Waals surface area contributed by atoms with Crippen molar-refractivity contribution in [2.45, 2.75) is 25.0 Å². The highest BCUT2D eigenvalue weighted by molar-refractivity contribution is 6.35. The van der Waals surface area contributed by atoms with Crippen LogP contribution < -0.4 is 4.74 Å². The largest absolute Gasteiger partial charge is 0.487 e. The second-order valence-corrected chi connectivity index (χ2v) is 7.15. The van der Waals surface area contributed by atoms with Gasteiger partial charge in [-0.1, -0.05) is 40.9 Å². The normalized spacial score (nSPS) is 14.7. The van der Waals surface area contributed by atoms with Crippen molar-refractivity contribution in [2.75, 3.05) is 0 Å². The molecule has 2 atom stereocenters. The molecule has 8 heteroatoms. The van der Waals surface area contributed by atoms with Gasteiger partial charge in [0.2, 0.25) is 0 Å². The van der Waals surface area contributed by atoms with Crippen molar-refractivity contribution < 1.29 is 9.84 Å². The zero-order valence-electron chi connectivity index (χ0n) is 13.8. The first-order chi connectivity index (χ1) is 12.4. The Hall–Kier alpha value is -1.79. The van der Waals surface area contributed by atoms with Gasteiger partial charge in [0.25, 0.3) is 0 Å². The van der Waals surface area contributed by atoms with Crippen LogP contribution >= 0.6 is 34.8 Å². The minimum Gasteiger partial charge on any atom is -0.487 e. The molecule has 3 rings (SSSR count). The van der Waals surface area contributed by atoms with Crippen molar-refractivity contribution in [3.8, 4) is 5.75 Å². The number of aliphatic hydroxyl groups is 1. The molecule has 5 nitrogen and oxygen atoms in total. The molecule has 0 saturated carbocycles. The molecule has 0 aliphatic carbocycles. The Kier molecular flexibility index (Phi) is 5.73. The summed E-state index contributed by atoms with van der Waals surface area (Å²) in [7, 11) is 0. The van der Waals surface area contributed by atoms with Gasteiger partial charge < -0.3 is 9.84 Å². The van der Waals surface area contributed by atoms with Crippen molar-refractivity contribution in [3.63, 3.8) is 0 Å². The first-order valence-corrected chi connectivity index (χ1v) is 8.96. The lowest BCUT2D eigenvalue weighted by Crippen LogP contribution is -2.44. The molecule has 0 radical (unpaired) electrons. The summed E-state index contributed by atoms with van der Waals surface area (Å²) in [6, 6.07) is 11.8. The van der Waals surface area contributed by atoms with E-state index in [0.717, 1.165) is 0 Å². The summed E-state index contributed by atoms with van der Waals surface area (Å²) in [4.78, 5) is 4.11. The van der Waals surface area contributed by atoms with Crippen molar-refractivity contribution in [1.29, 1.82) is 0 Å². The Bertz CT molecular complexity index is 872. The van der Waals surface area contributed by atoms with Crippen molar-refractivity contribution >= 4 is 34.8 Å². The number of rotatable bonds is 6. The van der Waals surface area contributed by atoms with Gasteiger partial charge in [0, 0.05) is 27.1 Å². The maximum absolute atomic E-state index is 11.5. The van der Waals surface area contributed by atoms with Crippen LogP contribution in [-0.2, 0) is 12.0 Å². The molecule has 0 spiro atoms. The predicted octanol–water partition coefficient (Wildman–Crippen LogP) is 4.66. The molecule has 1 aromatic heterocycles. The molecule has 0 fully saturated rings. The van der Waals surface area contributed by atoms with Crippen LogP contribution in [-0.4, -0.2) is 26.4 Å². The lowest BCUT2D eigenvalue weighted by Gasteiger charge is -2.34. The van der Waals surface area contributed by atoms with Gasteiger partial charge in [0.15, 0.2) is 0 Å². The Labute approximate surface area is 165 Å². The van der Waals surface area contributed by atoms with E-state index < -0.39 is 11.7 Å². The molecule has 2 unspecified atom stereocenters. The number of hydrogen-bond donors (Lipinski definition) is 2.